The third-order valence-electron chi connectivity index (χ3n) is 4.53. The minimum atomic E-state index is -1.52. The zero-order valence-corrected chi connectivity index (χ0v) is 14.0. The molecule has 0 aliphatic carbocycles. The fourth-order valence-electron chi connectivity index (χ4n) is 3.26. The van der Waals surface area contributed by atoms with Crippen molar-refractivity contribution < 1.29 is 19.1 Å². The summed E-state index contributed by atoms with van der Waals surface area (Å²) in [4.78, 5) is 27.2. The Bertz CT molecular complexity index is 736. The highest BCUT2D eigenvalue weighted by molar-refractivity contribution is 5.86. The van der Waals surface area contributed by atoms with Gasteiger partial charge in [0.25, 0.3) is 5.91 Å². The van der Waals surface area contributed by atoms with E-state index in [-0.39, 0.29) is 24.9 Å². The van der Waals surface area contributed by atoms with Crippen molar-refractivity contribution in [2.75, 3.05) is 20.1 Å². The van der Waals surface area contributed by atoms with Crippen LogP contribution in [0.4, 0.5) is 0 Å². The lowest BCUT2D eigenvalue weighted by atomic mass is 9.91. The summed E-state index contributed by atoms with van der Waals surface area (Å²) in [5.74, 6) is 0.157. The molecule has 1 aliphatic heterocycles. The number of piperidine rings is 1. The molecule has 0 radical (unpaired) electrons. The predicted molar refractivity (Wildman–Crippen MR) is 89.1 cm³/mol. The van der Waals surface area contributed by atoms with Crippen LogP contribution < -0.4 is 0 Å². The van der Waals surface area contributed by atoms with Gasteiger partial charge in [0.05, 0.1) is 13.1 Å². The normalized spacial score (nSPS) is 21.0. The van der Waals surface area contributed by atoms with E-state index < -0.39 is 5.60 Å². The van der Waals surface area contributed by atoms with Gasteiger partial charge in [0.2, 0.25) is 5.91 Å². The van der Waals surface area contributed by atoms with Crippen molar-refractivity contribution in [2.45, 2.75) is 31.9 Å². The second-order valence-electron chi connectivity index (χ2n) is 6.49. The maximum Gasteiger partial charge on any atom is 0.256 e. The number of likely N-dealkylation sites (N-methyl/N-ethyl adjacent to an activating group) is 1. The number of amides is 2. The zero-order valence-electron chi connectivity index (χ0n) is 14.0. The molecule has 1 unspecified atom stereocenters. The van der Waals surface area contributed by atoms with Crippen molar-refractivity contribution >= 4 is 22.8 Å². The van der Waals surface area contributed by atoms with Crippen LogP contribution in [-0.2, 0) is 16.1 Å². The molecular formula is C18H22N2O4. The molecule has 128 valence electrons. The van der Waals surface area contributed by atoms with Gasteiger partial charge in [-0.05, 0) is 25.0 Å². The van der Waals surface area contributed by atoms with Crippen LogP contribution in [0, 0.1) is 0 Å². The summed E-state index contributed by atoms with van der Waals surface area (Å²) in [5.41, 5.74) is -0.752. The molecule has 0 spiro atoms. The number of fused-ring (bicyclic) bond motifs is 1. The molecule has 1 saturated heterocycles. The SMILES string of the molecule is CC(=O)N1CCCC(O)(C(=O)N(C)Cc2cc3ccccc3o2)C1. The number of benzene rings is 1. The number of hydrogen-bond donors (Lipinski definition) is 1. The zero-order chi connectivity index (χ0) is 17.3. The van der Waals surface area contributed by atoms with Gasteiger partial charge in [-0.1, -0.05) is 18.2 Å². The third-order valence-corrected chi connectivity index (χ3v) is 4.53. The second kappa shape index (κ2) is 6.28. The van der Waals surface area contributed by atoms with Gasteiger partial charge in [-0.15, -0.1) is 0 Å². The molecule has 0 bridgehead atoms. The summed E-state index contributed by atoms with van der Waals surface area (Å²) in [6.07, 6.45) is 0.973. The first-order valence-electron chi connectivity index (χ1n) is 8.10. The van der Waals surface area contributed by atoms with Gasteiger partial charge < -0.3 is 19.3 Å². The van der Waals surface area contributed by atoms with Crippen LogP contribution in [0.3, 0.4) is 0 Å². The summed E-state index contributed by atoms with van der Waals surface area (Å²) < 4.78 is 5.73. The summed E-state index contributed by atoms with van der Waals surface area (Å²) in [5, 5.41) is 11.7. The molecule has 1 aromatic carbocycles. The van der Waals surface area contributed by atoms with Gasteiger partial charge in [-0.25, -0.2) is 0 Å². The van der Waals surface area contributed by atoms with Crippen molar-refractivity contribution in [3.05, 3.63) is 36.1 Å². The topological polar surface area (TPSA) is 74.0 Å². The van der Waals surface area contributed by atoms with Gasteiger partial charge in [0.15, 0.2) is 5.60 Å². The van der Waals surface area contributed by atoms with Gasteiger partial charge in [-0.2, -0.15) is 0 Å². The standard InChI is InChI=1S/C18H22N2O4/c1-13(21)20-9-5-8-18(23,12-20)17(22)19(2)11-15-10-14-6-3-4-7-16(14)24-15/h3-4,6-7,10,23H,5,8-9,11-12H2,1-2H3. The number of nitrogens with zero attached hydrogens (tertiary/aromatic N) is 2. The van der Waals surface area contributed by atoms with E-state index >= 15 is 0 Å². The van der Waals surface area contributed by atoms with Crippen molar-refractivity contribution in [1.82, 2.24) is 9.80 Å². The van der Waals surface area contributed by atoms with Gasteiger partial charge in [0, 0.05) is 25.9 Å². The van der Waals surface area contributed by atoms with Crippen molar-refractivity contribution in [1.29, 1.82) is 0 Å². The van der Waals surface area contributed by atoms with E-state index in [9.17, 15) is 14.7 Å². The highest BCUT2D eigenvalue weighted by atomic mass is 16.3. The second-order valence-corrected chi connectivity index (χ2v) is 6.49. The van der Waals surface area contributed by atoms with Crippen molar-refractivity contribution in [2.24, 2.45) is 0 Å². The lowest BCUT2D eigenvalue weighted by Crippen LogP contribution is -2.58. The highest BCUT2D eigenvalue weighted by Crippen LogP contribution is 2.25. The molecule has 1 aliphatic rings. The van der Waals surface area contributed by atoms with Crippen LogP contribution in [0.25, 0.3) is 11.0 Å². The Morgan fingerprint density at radius 1 is 1.38 bits per heavy atom. The fourth-order valence-corrected chi connectivity index (χ4v) is 3.26. The summed E-state index contributed by atoms with van der Waals surface area (Å²) in [7, 11) is 1.64. The maximum absolute atomic E-state index is 12.7. The summed E-state index contributed by atoms with van der Waals surface area (Å²) in [6.45, 7) is 2.36. The molecule has 1 atom stereocenters. The quantitative estimate of drug-likeness (QED) is 0.931. The largest absolute Gasteiger partial charge is 0.459 e. The summed E-state index contributed by atoms with van der Waals surface area (Å²) in [6, 6.07) is 9.54. The number of hydrogen-bond acceptors (Lipinski definition) is 4. The van der Waals surface area contributed by atoms with E-state index in [4.69, 9.17) is 4.42 Å². The highest BCUT2D eigenvalue weighted by Gasteiger charge is 2.42. The first-order valence-corrected chi connectivity index (χ1v) is 8.10. The fraction of sp³-hybridized carbons (Fsp3) is 0.444. The van der Waals surface area contributed by atoms with Gasteiger partial charge in [-0.3, -0.25) is 9.59 Å². The average Bonchev–Trinajstić information content (AvgIpc) is 2.96. The van der Waals surface area contributed by atoms with Crippen LogP contribution in [0.2, 0.25) is 0 Å². The first-order chi connectivity index (χ1) is 11.4. The summed E-state index contributed by atoms with van der Waals surface area (Å²) >= 11 is 0. The lowest BCUT2D eigenvalue weighted by molar-refractivity contribution is -0.159. The molecule has 1 N–H and O–H groups in total. The molecule has 1 aromatic heterocycles. The minimum Gasteiger partial charge on any atom is -0.459 e. The molecule has 6 heteroatoms. The Morgan fingerprint density at radius 3 is 2.83 bits per heavy atom. The number of para-hydroxylation sites is 1. The third kappa shape index (κ3) is 3.14. The van der Waals surface area contributed by atoms with Crippen LogP contribution in [-0.4, -0.2) is 52.5 Å². The Kier molecular flexibility index (Phi) is 4.32. The molecule has 2 heterocycles. The number of β-amino-alcohol motifs (C(OH)–C–C–N with tert-alkyl or cyclic N) is 1. The van der Waals surface area contributed by atoms with E-state index in [1.807, 2.05) is 30.3 Å². The smallest absolute Gasteiger partial charge is 0.256 e. The van der Waals surface area contributed by atoms with Crippen LogP contribution >= 0.6 is 0 Å². The molecular weight excluding hydrogens is 308 g/mol. The van der Waals surface area contributed by atoms with Crippen molar-refractivity contribution in [3.63, 3.8) is 0 Å². The number of rotatable bonds is 3. The molecule has 24 heavy (non-hydrogen) atoms. The predicted octanol–water partition coefficient (Wildman–Crippen LogP) is 1.76. The van der Waals surface area contributed by atoms with E-state index in [1.54, 1.807) is 7.05 Å². The molecule has 1 fully saturated rings. The Labute approximate surface area is 140 Å². The Hall–Kier alpha value is -2.34. The van der Waals surface area contributed by atoms with Gasteiger partial charge >= 0.3 is 0 Å². The van der Waals surface area contributed by atoms with E-state index in [1.165, 1.54) is 16.7 Å². The van der Waals surface area contributed by atoms with E-state index in [0.717, 1.165) is 11.0 Å². The number of likely N-dealkylation sites (tertiary alicyclic amines) is 1. The van der Waals surface area contributed by atoms with Crippen LogP contribution in [0.1, 0.15) is 25.5 Å². The Morgan fingerprint density at radius 2 is 2.12 bits per heavy atom. The number of furan rings is 1. The van der Waals surface area contributed by atoms with Crippen molar-refractivity contribution in [3.8, 4) is 0 Å². The minimum absolute atomic E-state index is 0.0473. The average molecular weight is 330 g/mol. The van der Waals surface area contributed by atoms with E-state index in [0.29, 0.717) is 25.1 Å². The molecule has 3 rings (SSSR count). The molecule has 0 saturated carbocycles. The molecule has 6 nitrogen and oxygen atoms in total. The van der Waals surface area contributed by atoms with Gasteiger partial charge in [0.1, 0.15) is 11.3 Å². The number of carbonyl (C=O) groups excluding carboxylic acids is 2. The maximum atomic E-state index is 12.7. The first kappa shape index (κ1) is 16.5. The monoisotopic (exact) mass is 330 g/mol. The van der Waals surface area contributed by atoms with E-state index in [2.05, 4.69) is 0 Å². The van der Waals surface area contributed by atoms with Crippen LogP contribution in [0.15, 0.2) is 34.7 Å². The Balaban J connectivity index is 1.72. The molecule has 2 amide bonds. The van der Waals surface area contributed by atoms with Crippen LogP contribution in [0.5, 0.6) is 0 Å². The molecule has 2 aromatic rings. The number of carbonyl (C=O) groups is 2. The lowest BCUT2D eigenvalue weighted by Gasteiger charge is -2.39. The number of aliphatic hydroxyl groups is 1.